The van der Waals surface area contributed by atoms with Crippen LogP contribution in [-0.2, 0) is 11.2 Å². The second-order valence-corrected chi connectivity index (χ2v) is 4.51. The van der Waals surface area contributed by atoms with Crippen LogP contribution in [0.15, 0.2) is 29.4 Å². The molecule has 4 nitrogen and oxygen atoms in total. The maximum absolute atomic E-state index is 11.7. The summed E-state index contributed by atoms with van der Waals surface area (Å²) in [5, 5.41) is 4.08. The molecule has 1 aromatic carbocycles. The highest BCUT2D eigenvalue weighted by atomic mass is 16.5. The van der Waals surface area contributed by atoms with E-state index in [4.69, 9.17) is 4.74 Å². The summed E-state index contributed by atoms with van der Waals surface area (Å²) >= 11 is 0. The van der Waals surface area contributed by atoms with Crippen LogP contribution in [0.25, 0.3) is 0 Å². The third-order valence-electron chi connectivity index (χ3n) is 2.79. The van der Waals surface area contributed by atoms with Gasteiger partial charge in [0.05, 0.1) is 13.5 Å². The van der Waals surface area contributed by atoms with Gasteiger partial charge in [-0.25, -0.2) is 5.43 Å². The minimum absolute atomic E-state index is 0.0963. The van der Waals surface area contributed by atoms with Crippen molar-refractivity contribution >= 4 is 11.6 Å². The van der Waals surface area contributed by atoms with E-state index >= 15 is 0 Å². The smallest absolute Gasteiger partial charge is 0.244 e. The van der Waals surface area contributed by atoms with Crippen LogP contribution >= 0.6 is 0 Å². The van der Waals surface area contributed by atoms with Gasteiger partial charge in [0.1, 0.15) is 5.75 Å². The Bertz CT molecular complexity index is 424. The number of nitrogens with zero attached hydrogens (tertiary/aromatic N) is 1. The average Bonchev–Trinajstić information content (AvgIpc) is 2.43. The summed E-state index contributed by atoms with van der Waals surface area (Å²) in [5.74, 6) is 0.693. The lowest BCUT2D eigenvalue weighted by atomic mass is 10.1. The first-order valence-corrected chi connectivity index (χ1v) is 6.60. The van der Waals surface area contributed by atoms with E-state index in [1.807, 2.05) is 31.2 Å². The first-order valence-electron chi connectivity index (χ1n) is 6.60. The van der Waals surface area contributed by atoms with Crippen molar-refractivity contribution in [3.05, 3.63) is 29.8 Å². The number of nitrogens with one attached hydrogen (secondary N) is 1. The summed E-state index contributed by atoms with van der Waals surface area (Å²) in [5.41, 5.74) is 4.49. The molecule has 0 heterocycles. The first-order chi connectivity index (χ1) is 9.15. The van der Waals surface area contributed by atoms with Gasteiger partial charge in [-0.1, -0.05) is 25.5 Å². The first kappa shape index (κ1) is 15.2. The molecule has 1 amide bonds. The van der Waals surface area contributed by atoms with Gasteiger partial charge in [-0.05, 0) is 37.5 Å². The molecule has 0 aliphatic heterocycles. The lowest BCUT2D eigenvalue weighted by Crippen LogP contribution is -2.21. The molecule has 0 saturated carbocycles. The molecule has 0 saturated heterocycles. The third-order valence-corrected chi connectivity index (χ3v) is 2.79. The predicted molar refractivity (Wildman–Crippen MR) is 77.5 cm³/mol. The topological polar surface area (TPSA) is 50.7 Å². The van der Waals surface area contributed by atoms with Crippen molar-refractivity contribution in [1.82, 2.24) is 5.43 Å². The number of carbonyl (C=O) groups is 1. The van der Waals surface area contributed by atoms with E-state index < -0.39 is 0 Å². The molecule has 0 aromatic heterocycles. The van der Waals surface area contributed by atoms with Crippen LogP contribution < -0.4 is 10.2 Å². The van der Waals surface area contributed by atoms with E-state index in [1.54, 1.807) is 7.11 Å². The minimum Gasteiger partial charge on any atom is -0.497 e. The van der Waals surface area contributed by atoms with Crippen LogP contribution in [0.3, 0.4) is 0 Å². The molecule has 104 valence electrons. The highest BCUT2D eigenvalue weighted by Gasteiger charge is 2.02. The van der Waals surface area contributed by atoms with E-state index in [0.717, 1.165) is 36.3 Å². The molecular formula is C15H22N2O2. The van der Waals surface area contributed by atoms with Crippen molar-refractivity contribution < 1.29 is 9.53 Å². The summed E-state index contributed by atoms with van der Waals surface area (Å²) in [7, 11) is 1.62. The molecule has 0 unspecified atom stereocenters. The fraction of sp³-hybridized carbons (Fsp3) is 0.467. The average molecular weight is 262 g/mol. The van der Waals surface area contributed by atoms with Gasteiger partial charge in [-0.2, -0.15) is 5.10 Å². The highest BCUT2D eigenvalue weighted by Crippen LogP contribution is 2.11. The molecule has 19 heavy (non-hydrogen) atoms. The van der Waals surface area contributed by atoms with Crippen LogP contribution in [0.5, 0.6) is 5.75 Å². The Kier molecular flexibility index (Phi) is 6.64. The molecule has 0 bridgehead atoms. The summed E-state index contributed by atoms with van der Waals surface area (Å²) in [6.07, 6.45) is 3.49. The number of methoxy groups -OCH3 is 1. The molecule has 0 spiro atoms. The second kappa shape index (κ2) is 8.29. The predicted octanol–water partition coefficient (Wildman–Crippen LogP) is 2.92. The van der Waals surface area contributed by atoms with Crippen LogP contribution in [0, 0.1) is 0 Å². The van der Waals surface area contributed by atoms with Crippen molar-refractivity contribution in [2.24, 2.45) is 5.10 Å². The Morgan fingerprint density at radius 2 is 2.00 bits per heavy atom. The number of hydrogen-bond acceptors (Lipinski definition) is 3. The van der Waals surface area contributed by atoms with Gasteiger partial charge in [0.2, 0.25) is 5.91 Å². The van der Waals surface area contributed by atoms with Gasteiger partial charge in [0, 0.05) is 5.71 Å². The standard InChI is InChI=1S/C15H22N2O2/c1-4-5-6-12(2)16-17-15(18)11-13-7-9-14(19-3)10-8-13/h7-10H,4-6,11H2,1-3H3,(H,17,18)/b16-12-. The Labute approximate surface area is 114 Å². The molecule has 0 fully saturated rings. The normalized spacial score (nSPS) is 11.2. The second-order valence-electron chi connectivity index (χ2n) is 4.51. The molecule has 1 rings (SSSR count). The number of benzene rings is 1. The zero-order chi connectivity index (χ0) is 14.1. The number of unbranched alkanes of at least 4 members (excludes halogenated alkanes) is 1. The summed E-state index contributed by atoms with van der Waals surface area (Å²) in [6.45, 7) is 4.07. The number of hydrazone groups is 1. The van der Waals surface area contributed by atoms with Crippen molar-refractivity contribution in [2.75, 3.05) is 7.11 Å². The van der Waals surface area contributed by atoms with Gasteiger partial charge >= 0.3 is 0 Å². The zero-order valence-corrected chi connectivity index (χ0v) is 11.9. The number of rotatable bonds is 7. The van der Waals surface area contributed by atoms with Crippen molar-refractivity contribution in [3.63, 3.8) is 0 Å². The quantitative estimate of drug-likeness (QED) is 0.606. The van der Waals surface area contributed by atoms with Crippen molar-refractivity contribution in [3.8, 4) is 5.75 Å². The van der Waals surface area contributed by atoms with Crippen LogP contribution in [-0.4, -0.2) is 18.7 Å². The van der Waals surface area contributed by atoms with Crippen LogP contribution in [0.2, 0.25) is 0 Å². The van der Waals surface area contributed by atoms with Crippen LogP contribution in [0.4, 0.5) is 0 Å². The lowest BCUT2D eigenvalue weighted by Gasteiger charge is -2.04. The Hall–Kier alpha value is -1.84. The summed E-state index contributed by atoms with van der Waals surface area (Å²) < 4.78 is 5.07. The SMILES string of the molecule is CCCC/C(C)=N\NC(=O)Cc1ccc(OC)cc1. The lowest BCUT2D eigenvalue weighted by molar-refractivity contribution is -0.120. The Balaban J connectivity index is 2.41. The van der Waals surface area contributed by atoms with Gasteiger partial charge in [0.15, 0.2) is 0 Å². The molecule has 0 atom stereocenters. The van der Waals surface area contributed by atoms with Gasteiger partial charge < -0.3 is 4.74 Å². The monoisotopic (exact) mass is 262 g/mol. The zero-order valence-electron chi connectivity index (χ0n) is 11.9. The Morgan fingerprint density at radius 1 is 1.32 bits per heavy atom. The molecule has 0 aliphatic rings. The maximum atomic E-state index is 11.7. The fourth-order valence-corrected chi connectivity index (χ4v) is 1.61. The molecule has 1 aromatic rings. The number of hydrogen-bond donors (Lipinski definition) is 1. The number of carbonyl (C=O) groups excluding carboxylic acids is 1. The van der Waals surface area contributed by atoms with E-state index in [-0.39, 0.29) is 5.91 Å². The summed E-state index contributed by atoms with van der Waals surface area (Å²) in [6, 6.07) is 7.45. The van der Waals surface area contributed by atoms with Gasteiger partial charge in [-0.15, -0.1) is 0 Å². The molecule has 0 radical (unpaired) electrons. The molecular weight excluding hydrogens is 240 g/mol. The van der Waals surface area contributed by atoms with Crippen LogP contribution in [0.1, 0.15) is 38.7 Å². The molecule has 1 N–H and O–H groups in total. The minimum atomic E-state index is -0.0963. The van der Waals surface area contributed by atoms with Gasteiger partial charge in [0.25, 0.3) is 0 Å². The highest BCUT2D eigenvalue weighted by molar-refractivity contribution is 5.85. The molecule has 4 heteroatoms. The van der Waals surface area contributed by atoms with Crippen molar-refractivity contribution in [1.29, 1.82) is 0 Å². The number of amides is 1. The van der Waals surface area contributed by atoms with Crippen molar-refractivity contribution in [2.45, 2.75) is 39.5 Å². The molecule has 0 aliphatic carbocycles. The van der Waals surface area contributed by atoms with E-state index in [2.05, 4.69) is 17.5 Å². The summed E-state index contributed by atoms with van der Waals surface area (Å²) in [4.78, 5) is 11.7. The van der Waals surface area contributed by atoms with Gasteiger partial charge in [-0.3, -0.25) is 4.79 Å². The fourth-order valence-electron chi connectivity index (χ4n) is 1.61. The third kappa shape index (κ3) is 6.04. The van der Waals surface area contributed by atoms with E-state index in [9.17, 15) is 4.79 Å². The Morgan fingerprint density at radius 3 is 2.58 bits per heavy atom. The number of ether oxygens (including phenoxy) is 1. The van der Waals surface area contributed by atoms with E-state index in [0.29, 0.717) is 6.42 Å². The maximum Gasteiger partial charge on any atom is 0.244 e. The van der Waals surface area contributed by atoms with E-state index in [1.165, 1.54) is 0 Å². The largest absolute Gasteiger partial charge is 0.497 e.